The van der Waals surface area contributed by atoms with E-state index in [1.165, 1.54) is 128 Å². The summed E-state index contributed by atoms with van der Waals surface area (Å²) in [6, 6.07) is 0. The highest BCUT2D eigenvalue weighted by Gasteiger charge is 2.26. The average Bonchev–Trinajstić information content (AvgIpc) is 3.06. The molecule has 8 nitrogen and oxygen atoms in total. The molecule has 1 N–H and O–H groups in total. The predicted octanol–water partition coefficient (Wildman–Crippen LogP) is 12.3. The van der Waals surface area contributed by atoms with Crippen LogP contribution in [0, 0.1) is 0 Å². The van der Waals surface area contributed by atoms with Crippen LogP contribution in [0.3, 0.4) is 0 Å². The maximum atomic E-state index is 12.6. The van der Waals surface area contributed by atoms with Crippen LogP contribution < -0.4 is 0 Å². The highest BCUT2D eigenvalue weighted by Crippen LogP contribution is 2.43. The van der Waals surface area contributed by atoms with E-state index in [2.05, 4.69) is 13.8 Å². The third-order valence-corrected chi connectivity index (χ3v) is 9.86. The first-order chi connectivity index (χ1) is 23.3. The third kappa shape index (κ3) is 34.9. The van der Waals surface area contributed by atoms with Gasteiger partial charge in [-0.2, -0.15) is 0 Å². The molecule has 0 fully saturated rings. The molecule has 0 amide bonds. The molecule has 2 atom stereocenters. The molecule has 0 aliphatic heterocycles. The van der Waals surface area contributed by atoms with Crippen LogP contribution in [0.15, 0.2) is 0 Å². The average molecular weight is 705 g/mol. The largest absolute Gasteiger partial charge is 0.472 e. The fraction of sp³-hybridized carbons (Fsp3) is 0.949. The van der Waals surface area contributed by atoms with Gasteiger partial charge in [0.05, 0.1) is 13.2 Å². The first-order valence-corrected chi connectivity index (χ1v) is 21.8. The number of hydrogen-bond acceptors (Lipinski definition) is 7. The Hall–Kier alpha value is -0.950. The van der Waals surface area contributed by atoms with E-state index in [0.29, 0.717) is 12.8 Å². The molecule has 0 aliphatic rings. The Morgan fingerprint density at radius 1 is 0.479 bits per heavy atom. The number of ether oxygens (including phenoxy) is 2. The van der Waals surface area contributed by atoms with Crippen molar-refractivity contribution >= 4 is 19.8 Å². The SMILES string of the molecule is CCCCCCCCCCCCCCCC(=O)OCC(COP(=O)(O)OCCCC)OC(=O)CCCCCCCCCCCCCCC. The summed E-state index contributed by atoms with van der Waals surface area (Å²) in [6.45, 7) is 5.96. The van der Waals surface area contributed by atoms with Gasteiger partial charge in [-0.05, 0) is 19.3 Å². The second kappa shape index (κ2) is 35.9. The standard InChI is InChI=1S/C39H77O8P/c1-4-7-10-12-14-16-18-20-22-24-26-28-30-32-38(40)44-35-37(36-46-48(42,43)45-34-9-6-3)47-39(41)33-31-29-27-25-23-21-19-17-15-13-11-8-5-2/h37H,4-36H2,1-3H3,(H,42,43). The van der Waals surface area contributed by atoms with Crippen LogP contribution in [0.4, 0.5) is 0 Å². The second-order valence-electron chi connectivity index (χ2n) is 13.7. The van der Waals surface area contributed by atoms with Gasteiger partial charge < -0.3 is 14.4 Å². The van der Waals surface area contributed by atoms with Crippen molar-refractivity contribution in [1.29, 1.82) is 0 Å². The summed E-state index contributed by atoms with van der Waals surface area (Å²) in [4.78, 5) is 34.9. The molecular weight excluding hydrogens is 627 g/mol. The molecule has 0 saturated carbocycles. The third-order valence-electron chi connectivity index (χ3n) is 8.87. The van der Waals surface area contributed by atoms with Crippen molar-refractivity contribution < 1.29 is 37.6 Å². The van der Waals surface area contributed by atoms with Crippen molar-refractivity contribution in [2.45, 2.75) is 219 Å². The summed E-state index contributed by atoms with van der Waals surface area (Å²) < 4.78 is 33.2. The van der Waals surface area contributed by atoms with Crippen molar-refractivity contribution in [3.8, 4) is 0 Å². The predicted molar refractivity (Wildman–Crippen MR) is 198 cm³/mol. The molecule has 286 valence electrons. The highest BCUT2D eigenvalue weighted by molar-refractivity contribution is 7.47. The monoisotopic (exact) mass is 705 g/mol. The summed E-state index contributed by atoms with van der Waals surface area (Å²) in [5.41, 5.74) is 0. The summed E-state index contributed by atoms with van der Waals surface area (Å²) >= 11 is 0. The van der Waals surface area contributed by atoms with Gasteiger partial charge in [0.25, 0.3) is 0 Å². The van der Waals surface area contributed by atoms with Crippen molar-refractivity contribution in [2.75, 3.05) is 19.8 Å². The topological polar surface area (TPSA) is 108 Å². The van der Waals surface area contributed by atoms with Gasteiger partial charge in [0.2, 0.25) is 0 Å². The molecule has 0 aliphatic carbocycles. The van der Waals surface area contributed by atoms with Crippen LogP contribution in [0.1, 0.15) is 213 Å². The lowest BCUT2D eigenvalue weighted by molar-refractivity contribution is -0.161. The first-order valence-electron chi connectivity index (χ1n) is 20.3. The number of esters is 2. The first kappa shape index (κ1) is 47.0. The molecule has 0 radical (unpaired) electrons. The number of rotatable bonds is 38. The Bertz CT molecular complexity index is 762. The van der Waals surface area contributed by atoms with E-state index in [1.54, 1.807) is 0 Å². The molecule has 0 saturated heterocycles. The Morgan fingerprint density at radius 3 is 1.23 bits per heavy atom. The minimum absolute atomic E-state index is 0.0991. The van der Waals surface area contributed by atoms with Gasteiger partial charge >= 0.3 is 19.8 Å². The van der Waals surface area contributed by atoms with Crippen LogP contribution in [0.5, 0.6) is 0 Å². The molecular formula is C39H77O8P. The van der Waals surface area contributed by atoms with Crippen LogP contribution in [-0.4, -0.2) is 42.8 Å². The summed E-state index contributed by atoms with van der Waals surface area (Å²) in [6.07, 6.45) is 32.9. The fourth-order valence-electron chi connectivity index (χ4n) is 5.73. The van der Waals surface area contributed by atoms with Gasteiger partial charge in [-0.1, -0.05) is 181 Å². The van der Waals surface area contributed by atoms with Crippen molar-refractivity contribution in [3.05, 3.63) is 0 Å². The molecule has 0 bridgehead atoms. The molecule has 48 heavy (non-hydrogen) atoms. The molecule has 0 heterocycles. The summed E-state index contributed by atoms with van der Waals surface area (Å²) in [7, 11) is -4.29. The quantitative estimate of drug-likeness (QED) is 0.0384. The molecule has 0 aromatic heterocycles. The van der Waals surface area contributed by atoms with Crippen LogP contribution in [-0.2, 0) is 32.7 Å². The van der Waals surface area contributed by atoms with E-state index in [1.807, 2.05) is 6.92 Å². The van der Waals surface area contributed by atoms with Crippen molar-refractivity contribution in [3.63, 3.8) is 0 Å². The molecule has 9 heteroatoms. The Balaban J connectivity index is 4.24. The molecule has 0 rings (SSSR count). The molecule has 0 aromatic carbocycles. The van der Waals surface area contributed by atoms with Gasteiger partial charge in [0, 0.05) is 12.8 Å². The second-order valence-corrected chi connectivity index (χ2v) is 15.2. The summed E-state index contributed by atoms with van der Waals surface area (Å²) in [5, 5.41) is 0. The zero-order valence-electron chi connectivity index (χ0n) is 31.7. The van der Waals surface area contributed by atoms with E-state index in [0.717, 1.165) is 44.9 Å². The van der Waals surface area contributed by atoms with Gasteiger partial charge in [-0.15, -0.1) is 0 Å². The smallest absolute Gasteiger partial charge is 0.462 e. The van der Waals surface area contributed by atoms with Gasteiger partial charge in [0.15, 0.2) is 6.10 Å². The number of unbranched alkanes of at least 4 members (excludes halogenated alkanes) is 25. The minimum atomic E-state index is -4.29. The van der Waals surface area contributed by atoms with Gasteiger partial charge in [-0.3, -0.25) is 18.6 Å². The van der Waals surface area contributed by atoms with Crippen LogP contribution in [0.2, 0.25) is 0 Å². The maximum absolute atomic E-state index is 12.6. The molecule has 0 aromatic rings. The number of phosphoric acid groups is 1. The molecule has 2 unspecified atom stereocenters. The maximum Gasteiger partial charge on any atom is 0.472 e. The van der Waals surface area contributed by atoms with Crippen LogP contribution >= 0.6 is 7.82 Å². The number of carbonyl (C=O) groups excluding carboxylic acids is 2. The Kier molecular flexibility index (Phi) is 35.2. The van der Waals surface area contributed by atoms with Crippen molar-refractivity contribution in [2.24, 2.45) is 0 Å². The lowest BCUT2D eigenvalue weighted by Crippen LogP contribution is -2.29. The number of phosphoric ester groups is 1. The summed E-state index contributed by atoms with van der Waals surface area (Å²) in [5.74, 6) is -0.777. The minimum Gasteiger partial charge on any atom is -0.462 e. The normalized spacial score (nSPS) is 13.3. The zero-order chi connectivity index (χ0) is 35.4. The molecule has 0 spiro atoms. The van der Waals surface area contributed by atoms with E-state index in [4.69, 9.17) is 18.5 Å². The highest BCUT2D eigenvalue weighted by atomic mass is 31.2. The van der Waals surface area contributed by atoms with Crippen LogP contribution in [0.25, 0.3) is 0 Å². The van der Waals surface area contributed by atoms with E-state index in [-0.39, 0.29) is 32.2 Å². The van der Waals surface area contributed by atoms with E-state index >= 15 is 0 Å². The Labute approximate surface area is 296 Å². The van der Waals surface area contributed by atoms with Crippen molar-refractivity contribution in [1.82, 2.24) is 0 Å². The fourth-order valence-corrected chi connectivity index (χ4v) is 6.52. The van der Waals surface area contributed by atoms with E-state index < -0.39 is 19.9 Å². The van der Waals surface area contributed by atoms with E-state index in [9.17, 15) is 19.0 Å². The lowest BCUT2D eigenvalue weighted by atomic mass is 10.0. The lowest BCUT2D eigenvalue weighted by Gasteiger charge is -2.20. The Morgan fingerprint density at radius 2 is 0.833 bits per heavy atom. The van der Waals surface area contributed by atoms with Gasteiger partial charge in [-0.25, -0.2) is 4.57 Å². The number of hydrogen-bond donors (Lipinski definition) is 1. The zero-order valence-corrected chi connectivity index (χ0v) is 32.6. The number of carbonyl (C=O) groups is 2. The van der Waals surface area contributed by atoms with Gasteiger partial charge in [0.1, 0.15) is 6.61 Å².